The maximum absolute atomic E-state index is 5.68. The van der Waals surface area contributed by atoms with Gasteiger partial charge in [0.25, 0.3) is 0 Å². The summed E-state index contributed by atoms with van der Waals surface area (Å²) in [6.07, 6.45) is 0. The minimum atomic E-state index is 0.657. The van der Waals surface area contributed by atoms with Crippen LogP contribution in [0.25, 0.3) is 11.1 Å². The fourth-order valence-electron chi connectivity index (χ4n) is 4.64. The first-order chi connectivity index (χ1) is 16.5. The second-order valence-corrected chi connectivity index (χ2v) is 9.05. The largest absolute Gasteiger partial charge is 0.493 e. The van der Waals surface area contributed by atoms with Crippen LogP contribution in [0.3, 0.4) is 0 Å². The molecule has 0 saturated carbocycles. The van der Waals surface area contributed by atoms with Crippen LogP contribution in [0.2, 0.25) is 0 Å². The predicted molar refractivity (Wildman–Crippen MR) is 138 cm³/mol. The molecule has 4 rings (SSSR count). The molecule has 0 amide bonds. The van der Waals surface area contributed by atoms with Gasteiger partial charge >= 0.3 is 0 Å². The molecule has 1 aliphatic rings. The van der Waals surface area contributed by atoms with E-state index in [0.29, 0.717) is 11.5 Å². The minimum Gasteiger partial charge on any atom is -0.493 e. The van der Waals surface area contributed by atoms with Gasteiger partial charge in [0, 0.05) is 44.8 Å². The maximum atomic E-state index is 5.68. The van der Waals surface area contributed by atoms with Crippen molar-refractivity contribution in [2.75, 3.05) is 47.5 Å². The van der Waals surface area contributed by atoms with Crippen LogP contribution in [0.5, 0.6) is 17.2 Å². The predicted octanol–water partition coefficient (Wildman–Crippen LogP) is 5.31. The number of benzene rings is 3. The first kappa shape index (κ1) is 24.1. The summed E-state index contributed by atoms with van der Waals surface area (Å²) in [5.41, 5.74) is 7.75. The lowest BCUT2D eigenvalue weighted by Gasteiger charge is -2.35. The number of rotatable bonds is 8. The molecule has 1 heterocycles. The summed E-state index contributed by atoms with van der Waals surface area (Å²) in [7, 11) is 4.99. The normalized spacial score (nSPS) is 14.7. The van der Waals surface area contributed by atoms with Crippen molar-refractivity contribution < 1.29 is 14.2 Å². The van der Waals surface area contributed by atoms with Crippen LogP contribution in [-0.4, -0.2) is 57.3 Å². The SMILES string of the molecule is COc1ccc(CN2CCN(Cc3cc(-c4ccc(C)cc4)ccc3C)CC2)c(OC)c1OC. The van der Waals surface area contributed by atoms with E-state index in [2.05, 4.69) is 72.2 Å². The average Bonchev–Trinajstić information content (AvgIpc) is 2.86. The van der Waals surface area contributed by atoms with Crippen LogP contribution < -0.4 is 14.2 Å². The zero-order chi connectivity index (χ0) is 24.1. The Morgan fingerprint density at radius 1 is 0.618 bits per heavy atom. The Balaban J connectivity index is 1.39. The molecule has 0 N–H and O–H groups in total. The quantitative estimate of drug-likeness (QED) is 0.455. The summed E-state index contributed by atoms with van der Waals surface area (Å²) >= 11 is 0. The molecule has 0 aliphatic carbocycles. The molecule has 0 bridgehead atoms. The molecule has 3 aromatic rings. The fourth-order valence-corrected chi connectivity index (χ4v) is 4.64. The van der Waals surface area contributed by atoms with Gasteiger partial charge in [-0.3, -0.25) is 9.80 Å². The third kappa shape index (κ3) is 5.37. The Bertz CT molecular complexity index is 1100. The van der Waals surface area contributed by atoms with E-state index in [1.807, 2.05) is 6.07 Å². The van der Waals surface area contributed by atoms with Gasteiger partial charge in [-0.2, -0.15) is 0 Å². The van der Waals surface area contributed by atoms with Crippen LogP contribution in [0.15, 0.2) is 54.6 Å². The molecule has 0 atom stereocenters. The number of hydrogen-bond acceptors (Lipinski definition) is 5. The van der Waals surface area contributed by atoms with E-state index < -0.39 is 0 Å². The number of ether oxygens (including phenoxy) is 3. The molecule has 5 heteroatoms. The molecule has 1 fully saturated rings. The lowest BCUT2D eigenvalue weighted by Crippen LogP contribution is -2.45. The molecule has 1 saturated heterocycles. The van der Waals surface area contributed by atoms with E-state index in [1.54, 1.807) is 21.3 Å². The Kier molecular flexibility index (Phi) is 7.76. The highest BCUT2D eigenvalue weighted by molar-refractivity contribution is 5.65. The Labute approximate surface area is 203 Å². The molecular weight excluding hydrogens is 424 g/mol. The van der Waals surface area contributed by atoms with Crippen LogP contribution in [-0.2, 0) is 13.1 Å². The van der Waals surface area contributed by atoms with E-state index in [4.69, 9.17) is 14.2 Å². The zero-order valence-electron chi connectivity index (χ0n) is 21.1. The topological polar surface area (TPSA) is 34.2 Å². The van der Waals surface area contributed by atoms with Crippen molar-refractivity contribution in [3.63, 3.8) is 0 Å². The Morgan fingerprint density at radius 2 is 1.21 bits per heavy atom. The molecule has 180 valence electrons. The van der Waals surface area contributed by atoms with Gasteiger partial charge in [-0.1, -0.05) is 48.0 Å². The van der Waals surface area contributed by atoms with Crippen LogP contribution >= 0.6 is 0 Å². The standard InChI is InChI=1S/C29H36N2O3/c1-21-6-9-23(10-7-21)24-11-8-22(2)26(18-24)20-31-16-14-30(15-17-31)19-25-12-13-27(32-3)29(34-5)28(25)33-4/h6-13,18H,14-17,19-20H2,1-5H3. The summed E-state index contributed by atoms with van der Waals surface area (Å²) < 4.78 is 16.7. The summed E-state index contributed by atoms with van der Waals surface area (Å²) in [5.74, 6) is 2.11. The van der Waals surface area contributed by atoms with Crippen LogP contribution in [0, 0.1) is 13.8 Å². The third-order valence-electron chi connectivity index (χ3n) is 6.77. The third-order valence-corrected chi connectivity index (χ3v) is 6.77. The molecule has 1 aliphatic heterocycles. The fraction of sp³-hybridized carbons (Fsp3) is 0.379. The second kappa shape index (κ2) is 10.9. The summed E-state index contributed by atoms with van der Waals surface area (Å²) in [6, 6.07) is 19.7. The summed E-state index contributed by atoms with van der Waals surface area (Å²) in [4.78, 5) is 5.04. The molecule has 0 aromatic heterocycles. The zero-order valence-corrected chi connectivity index (χ0v) is 21.1. The van der Waals surface area contributed by atoms with Gasteiger partial charge in [0.05, 0.1) is 21.3 Å². The van der Waals surface area contributed by atoms with Gasteiger partial charge in [-0.15, -0.1) is 0 Å². The molecule has 0 radical (unpaired) electrons. The van der Waals surface area contributed by atoms with Crippen molar-refractivity contribution in [2.24, 2.45) is 0 Å². The van der Waals surface area contributed by atoms with Crippen molar-refractivity contribution in [1.29, 1.82) is 0 Å². The van der Waals surface area contributed by atoms with Gasteiger partial charge in [-0.05, 0) is 48.2 Å². The smallest absolute Gasteiger partial charge is 0.203 e. The van der Waals surface area contributed by atoms with Crippen molar-refractivity contribution in [1.82, 2.24) is 9.80 Å². The lowest BCUT2D eigenvalue weighted by atomic mass is 9.98. The van der Waals surface area contributed by atoms with E-state index in [1.165, 1.54) is 27.8 Å². The van der Waals surface area contributed by atoms with E-state index >= 15 is 0 Å². The average molecular weight is 461 g/mol. The van der Waals surface area contributed by atoms with Crippen molar-refractivity contribution >= 4 is 0 Å². The Morgan fingerprint density at radius 3 is 1.79 bits per heavy atom. The number of aryl methyl sites for hydroxylation is 2. The highest BCUT2D eigenvalue weighted by atomic mass is 16.5. The molecule has 3 aromatic carbocycles. The van der Waals surface area contributed by atoms with Crippen molar-refractivity contribution in [3.8, 4) is 28.4 Å². The van der Waals surface area contributed by atoms with Gasteiger partial charge in [0.15, 0.2) is 11.5 Å². The maximum Gasteiger partial charge on any atom is 0.203 e. The second-order valence-electron chi connectivity index (χ2n) is 9.05. The highest BCUT2D eigenvalue weighted by Crippen LogP contribution is 2.40. The minimum absolute atomic E-state index is 0.657. The van der Waals surface area contributed by atoms with Gasteiger partial charge < -0.3 is 14.2 Å². The number of hydrogen-bond donors (Lipinski definition) is 0. The van der Waals surface area contributed by atoms with Crippen molar-refractivity contribution in [3.05, 3.63) is 76.9 Å². The summed E-state index contributed by atoms with van der Waals surface area (Å²) in [6.45, 7) is 10.3. The van der Waals surface area contributed by atoms with Gasteiger partial charge in [0.1, 0.15) is 0 Å². The summed E-state index contributed by atoms with van der Waals surface area (Å²) in [5, 5.41) is 0. The van der Waals surface area contributed by atoms with Gasteiger partial charge in [0.2, 0.25) is 5.75 Å². The number of piperazine rings is 1. The first-order valence-corrected chi connectivity index (χ1v) is 11.9. The molecule has 5 nitrogen and oxygen atoms in total. The van der Waals surface area contributed by atoms with E-state index in [9.17, 15) is 0 Å². The Hall–Kier alpha value is -3.02. The molecule has 0 unspecified atom stereocenters. The van der Waals surface area contributed by atoms with Crippen molar-refractivity contribution in [2.45, 2.75) is 26.9 Å². The molecule has 0 spiro atoms. The number of methoxy groups -OCH3 is 3. The van der Waals surface area contributed by atoms with E-state index in [-0.39, 0.29) is 0 Å². The van der Waals surface area contributed by atoms with Gasteiger partial charge in [-0.25, -0.2) is 0 Å². The van der Waals surface area contributed by atoms with Crippen LogP contribution in [0.4, 0.5) is 0 Å². The monoisotopic (exact) mass is 460 g/mol. The molecular formula is C29H36N2O3. The molecule has 34 heavy (non-hydrogen) atoms. The van der Waals surface area contributed by atoms with E-state index in [0.717, 1.165) is 50.6 Å². The first-order valence-electron chi connectivity index (χ1n) is 11.9. The number of nitrogens with zero attached hydrogens (tertiary/aromatic N) is 2. The van der Waals surface area contributed by atoms with Crippen LogP contribution in [0.1, 0.15) is 22.3 Å². The lowest BCUT2D eigenvalue weighted by molar-refractivity contribution is 0.121. The highest BCUT2D eigenvalue weighted by Gasteiger charge is 2.21.